The Balaban J connectivity index is 2.17. The third-order valence-corrected chi connectivity index (χ3v) is 4.33. The van der Waals surface area contributed by atoms with E-state index in [0.717, 1.165) is 43.4 Å². The second-order valence-corrected chi connectivity index (χ2v) is 5.48. The number of nitrogens with zero attached hydrogens (tertiary/aromatic N) is 4. The molecule has 5 heteroatoms. The van der Waals surface area contributed by atoms with E-state index in [4.69, 9.17) is 11.6 Å². The van der Waals surface area contributed by atoms with Crippen molar-refractivity contribution in [2.75, 3.05) is 31.1 Å². The molecule has 0 bridgehead atoms. The number of hydrogen-bond donors (Lipinski definition) is 0. The summed E-state index contributed by atoms with van der Waals surface area (Å²) in [6.07, 6.45) is 1.20. The number of hydrogen-bond acceptors (Lipinski definition) is 4. The molecule has 1 aromatic rings. The first-order valence-corrected chi connectivity index (χ1v) is 7.44. The van der Waals surface area contributed by atoms with E-state index in [1.54, 1.807) is 0 Å². The lowest BCUT2D eigenvalue weighted by molar-refractivity contribution is 0.232. The Kier molecular flexibility index (Phi) is 4.63. The number of anilines is 1. The van der Waals surface area contributed by atoms with Crippen LogP contribution in [-0.4, -0.2) is 47.1 Å². The lowest BCUT2D eigenvalue weighted by Crippen LogP contribution is -2.37. The summed E-state index contributed by atoms with van der Waals surface area (Å²) >= 11 is 6.16. The van der Waals surface area contributed by atoms with E-state index in [1.165, 1.54) is 6.42 Å². The Bertz CT molecular complexity index is 445. The van der Waals surface area contributed by atoms with Gasteiger partial charge in [0.15, 0.2) is 0 Å². The summed E-state index contributed by atoms with van der Waals surface area (Å²) in [6, 6.07) is 0.628. The second kappa shape index (κ2) is 6.06. The van der Waals surface area contributed by atoms with E-state index >= 15 is 0 Å². The summed E-state index contributed by atoms with van der Waals surface area (Å²) in [6.45, 7) is 12.7. The van der Waals surface area contributed by atoms with Crippen molar-refractivity contribution in [3.05, 3.63) is 16.5 Å². The SMILES string of the molecule is CCN(CC)C1CCN(c2nc(C)nc(Cl)c2C)C1. The molecule has 0 amide bonds. The molecule has 0 aliphatic carbocycles. The highest BCUT2D eigenvalue weighted by Gasteiger charge is 2.28. The van der Waals surface area contributed by atoms with Crippen molar-refractivity contribution < 1.29 is 0 Å². The van der Waals surface area contributed by atoms with Crippen LogP contribution >= 0.6 is 11.6 Å². The van der Waals surface area contributed by atoms with Crippen molar-refractivity contribution in [2.45, 2.75) is 40.2 Å². The molecule has 0 aromatic carbocycles. The van der Waals surface area contributed by atoms with Crippen LogP contribution in [0.3, 0.4) is 0 Å². The fourth-order valence-corrected chi connectivity index (χ4v) is 3.07. The lowest BCUT2D eigenvalue weighted by Gasteiger charge is -2.26. The van der Waals surface area contributed by atoms with Gasteiger partial charge in [0, 0.05) is 24.7 Å². The molecule has 2 heterocycles. The van der Waals surface area contributed by atoms with E-state index < -0.39 is 0 Å². The predicted octanol–water partition coefficient (Wildman–Crippen LogP) is 2.67. The average Bonchev–Trinajstić information content (AvgIpc) is 2.85. The van der Waals surface area contributed by atoms with Crippen LogP contribution in [0.4, 0.5) is 5.82 Å². The van der Waals surface area contributed by atoms with E-state index in [-0.39, 0.29) is 0 Å². The molecule has 1 aliphatic heterocycles. The van der Waals surface area contributed by atoms with Crippen molar-refractivity contribution in [1.29, 1.82) is 0 Å². The van der Waals surface area contributed by atoms with E-state index in [2.05, 4.69) is 33.6 Å². The van der Waals surface area contributed by atoms with E-state index in [1.807, 2.05) is 13.8 Å². The number of likely N-dealkylation sites (N-methyl/N-ethyl adjacent to an activating group) is 1. The zero-order valence-electron chi connectivity index (χ0n) is 12.3. The second-order valence-electron chi connectivity index (χ2n) is 5.12. The highest BCUT2D eigenvalue weighted by molar-refractivity contribution is 6.30. The standard InChI is InChI=1S/C14H23ClN4/c1-5-18(6-2)12-7-8-19(9-12)14-10(3)13(15)16-11(4)17-14/h12H,5-9H2,1-4H3. The van der Waals surface area contributed by atoms with Gasteiger partial charge in [-0.15, -0.1) is 0 Å². The molecule has 4 nitrogen and oxygen atoms in total. The van der Waals surface area contributed by atoms with Gasteiger partial charge in [-0.25, -0.2) is 9.97 Å². The van der Waals surface area contributed by atoms with Gasteiger partial charge in [-0.1, -0.05) is 25.4 Å². The van der Waals surface area contributed by atoms with Crippen LogP contribution in [0, 0.1) is 13.8 Å². The van der Waals surface area contributed by atoms with Gasteiger partial charge in [0.1, 0.15) is 16.8 Å². The minimum absolute atomic E-state index is 0.578. The quantitative estimate of drug-likeness (QED) is 0.795. The highest BCUT2D eigenvalue weighted by atomic mass is 35.5. The third-order valence-electron chi connectivity index (χ3n) is 3.96. The third kappa shape index (κ3) is 3.00. The zero-order valence-corrected chi connectivity index (χ0v) is 13.0. The number of rotatable bonds is 4. The van der Waals surface area contributed by atoms with Gasteiger partial charge >= 0.3 is 0 Å². The average molecular weight is 283 g/mol. The number of halogens is 1. The summed E-state index contributed by atoms with van der Waals surface area (Å²) in [7, 11) is 0. The highest BCUT2D eigenvalue weighted by Crippen LogP contribution is 2.27. The van der Waals surface area contributed by atoms with Crippen molar-refractivity contribution in [2.24, 2.45) is 0 Å². The summed E-state index contributed by atoms with van der Waals surface area (Å²) in [5.74, 6) is 1.75. The monoisotopic (exact) mass is 282 g/mol. The Morgan fingerprint density at radius 3 is 2.58 bits per heavy atom. The van der Waals surface area contributed by atoms with Crippen LogP contribution in [0.2, 0.25) is 5.15 Å². The Hall–Kier alpha value is -0.870. The first kappa shape index (κ1) is 14.5. The minimum Gasteiger partial charge on any atom is -0.355 e. The van der Waals surface area contributed by atoms with Crippen molar-refractivity contribution in [1.82, 2.24) is 14.9 Å². The van der Waals surface area contributed by atoms with Crippen molar-refractivity contribution in [3.63, 3.8) is 0 Å². The summed E-state index contributed by atoms with van der Waals surface area (Å²) in [5, 5.41) is 0.578. The maximum absolute atomic E-state index is 6.16. The van der Waals surface area contributed by atoms with Crippen molar-refractivity contribution in [3.8, 4) is 0 Å². The zero-order chi connectivity index (χ0) is 14.0. The number of aromatic nitrogens is 2. The Morgan fingerprint density at radius 2 is 1.95 bits per heavy atom. The summed E-state index contributed by atoms with van der Waals surface area (Å²) in [5.41, 5.74) is 0.993. The molecule has 0 N–H and O–H groups in total. The largest absolute Gasteiger partial charge is 0.355 e. The molecule has 0 radical (unpaired) electrons. The van der Waals surface area contributed by atoms with Gasteiger partial charge in [0.05, 0.1) is 0 Å². The molecule has 1 aromatic heterocycles. The van der Waals surface area contributed by atoms with E-state index in [0.29, 0.717) is 11.2 Å². The smallest absolute Gasteiger partial charge is 0.137 e. The normalized spacial score (nSPS) is 19.5. The molecule has 1 unspecified atom stereocenters. The molecule has 1 atom stereocenters. The molecule has 106 valence electrons. The molecule has 0 saturated carbocycles. The molecule has 1 aliphatic rings. The van der Waals surface area contributed by atoms with Crippen LogP contribution in [0.25, 0.3) is 0 Å². The molecule has 2 rings (SSSR count). The van der Waals surface area contributed by atoms with Gasteiger partial charge in [-0.05, 0) is 33.4 Å². The maximum Gasteiger partial charge on any atom is 0.137 e. The molecular weight excluding hydrogens is 260 g/mol. The van der Waals surface area contributed by atoms with Gasteiger partial charge in [-0.3, -0.25) is 4.90 Å². The maximum atomic E-state index is 6.16. The number of aryl methyl sites for hydroxylation is 1. The Labute approximate surface area is 120 Å². The minimum atomic E-state index is 0.578. The Morgan fingerprint density at radius 1 is 1.26 bits per heavy atom. The van der Waals surface area contributed by atoms with Crippen LogP contribution in [0.15, 0.2) is 0 Å². The van der Waals surface area contributed by atoms with Gasteiger partial charge in [-0.2, -0.15) is 0 Å². The first-order valence-electron chi connectivity index (χ1n) is 7.06. The topological polar surface area (TPSA) is 32.3 Å². The molecule has 0 spiro atoms. The molecule has 1 fully saturated rings. The first-order chi connectivity index (χ1) is 9.06. The molecular formula is C14H23ClN4. The molecule has 1 saturated heterocycles. The van der Waals surface area contributed by atoms with Crippen molar-refractivity contribution >= 4 is 17.4 Å². The van der Waals surface area contributed by atoms with Gasteiger partial charge in [0.2, 0.25) is 0 Å². The van der Waals surface area contributed by atoms with Crippen LogP contribution in [0.5, 0.6) is 0 Å². The fourth-order valence-electron chi connectivity index (χ4n) is 2.86. The van der Waals surface area contributed by atoms with Gasteiger partial charge in [0.25, 0.3) is 0 Å². The summed E-state index contributed by atoms with van der Waals surface area (Å²) < 4.78 is 0. The van der Waals surface area contributed by atoms with Crippen LogP contribution < -0.4 is 4.90 Å². The molecule has 19 heavy (non-hydrogen) atoms. The van der Waals surface area contributed by atoms with Gasteiger partial charge < -0.3 is 4.90 Å². The lowest BCUT2D eigenvalue weighted by atomic mass is 10.2. The van der Waals surface area contributed by atoms with Crippen LogP contribution in [0.1, 0.15) is 31.7 Å². The van der Waals surface area contributed by atoms with E-state index in [9.17, 15) is 0 Å². The van der Waals surface area contributed by atoms with Crippen LogP contribution in [-0.2, 0) is 0 Å². The summed E-state index contributed by atoms with van der Waals surface area (Å²) in [4.78, 5) is 13.6. The predicted molar refractivity (Wildman–Crippen MR) is 80.1 cm³/mol. The fraction of sp³-hybridized carbons (Fsp3) is 0.714.